The maximum absolute atomic E-state index is 13.2. The van der Waals surface area contributed by atoms with Crippen molar-refractivity contribution >= 4 is 9.84 Å². The van der Waals surface area contributed by atoms with E-state index in [1.807, 2.05) is 0 Å². The number of hydrogen-bond acceptors (Lipinski definition) is 8. The number of sulfone groups is 1. The van der Waals surface area contributed by atoms with Crippen LogP contribution >= 0.6 is 0 Å². The lowest BCUT2D eigenvalue weighted by atomic mass is 9.77. The van der Waals surface area contributed by atoms with E-state index in [4.69, 9.17) is 9.47 Å². The Morgan fingerprint density at radius 1 is 1.03 bits per heavy atom. The fraction of sp³-hybridized carbons (Fsp3) is 0.304. The lowest BCUT2D eigenvalue weighted by molar-refractivity contribution is -0.175. The number of fused-ring (bicyclic) bond motifs is 1. The third kappa shape index (κ3) is 3.85. The molecule has 0 fully saturated rings. The summed E-state index contributed by atoms with van der Waals surface area (Å²) in [6, 6.07) is 12.2. The molecule has 2 aromatic carbocycles. The van der Waals surface area contributed by atoms with Crippen molar-refractivity contribution in [3.05, 3.63) is 70.5 Å². The number of rotatable bonds is 4. The van der Waals surface area contributed by atoms with E-state index in [0.29, 0.717) is 11.3 Å². The molecule has 2 heterocycles. The molecule has 174 valence electrons. The number of hydrogen-bond donors (Lipinski definition) is 2. The quantitative estimate of drug-likeness (QED) is 0.592. The van der Waals surface area contributed by atoms with Crippen LogP contribution in [0.25, 0.3) is 0 Å². The molecule has 9 nitrogen and oxygen atoms in total. The Bertz CT molecular complexity index is 1380. The summed E-state index contributed by atoms with van der Waals surface area (Å²) >= 11 is 0. The first kappa shape index (κ1) is 22.8. The van der Waals surface area contributed by atoms with Gasteiger partial charge in [0, 0.05) is 24.7 Å². The van der Waals surface area contributed by atoms with Gasteiger partial charge in [-0.2, -0.15) is 0 Å². The van der Waals surface area contributed by atoms with Gasteiger partial charge in [-0.15, -0.1) is 5.10 Å². The van der Waals surface area contributed by atoms with Crippen LogP contribution < -0.4 is 15.0 Å². The summed E-state index contributed by atoms with van der Waals surface area (Å²) in [5.74, 6) is 0.383. The molecule has 4 rings (SSSR count). The fourth-order valence-corrected chi connectivity index (χ4v) is 4.89. The van der Waals surface area contributed by atoms with E-state index >= 15 is 0 Å². The highest BCUT2D eigenvalue weighted by atomic mass is 32.2. The molecule has 1 aliphatic heterocycles. The van der Waals surface area contributed by atoms with Gasteiger partial charge >= 0.3 is 0 Å². The zero-order chi connectivity index (χ0) is 24.2. The Morgan fingerprint density at radius 3 is 2.30 bits per heavy atom. The van der Waals surface area contributed by atoms with Crippen molar-refractivity contribution < 1.29 is 28.1 Å². The van der Waals surface area contributed by atoms with E-state index in [0.717, 1.165) is 4.68 Å². The van der Waals surface area contributed by atoms with Gasteiger partial charge in [0.1, 0.15) is 22.7 Å². The molecule has 10 heteroatoms. The molecule has 33 heavy (non-hydrogen) atoms. The Labute approximate surface area is 190 Å². The molecule has 0 saturated carbocycles. The highest BCUT2D eigenvalue weighted by Crippen LogP contribution is 2.48. The Morgan fingerprint density at radius 2 is 1.67 bits per heavy atom. The van der Waals surface area contributed by atoms with Gasteiger partial charge in [-0.3, -0.25) is 4.79 Å². The minimum atomic E-state index is -3.93. The smallest absolute Gasteiger partial charge is 0.266 e. The molecule has 0 saturated heterocycles. The molecule has 3 aromatic rings. The first-order chi connectivity index (χ1) is 15.3. The van der Waals surface area contributed by atoms with Crippen LogP contribution in [0.3, 0.4) is 0 Å². The summed E-state index contributed by atoms with van der Waals surface area (Å²) in [5, 5.41) is 25.0. The van der Waals surface area contributed by atoms with Crippen molar-refractivity contribution in [1.82, 2.24) is 9.78 Å². The predicted molar refractivity (Wildman–Crippen MR) is 118 cm³/mol. The van der Waals surface area contributed by atoms with Crippen LogP contribution in [0.4, 0.5) is 0 Å². The molecular weight excluding hydrogens is 448 g/mol. The van der Waals surface area contributed by atoms with E-state index in [-0.39, 0.29) is 27.0 Å². The van der Waals surface area contributed by atoms with Gasteiger partial charge in [0.2, 0.25) is 15.7 Å². The average molecular weight is 473 g/mol. The van der Waals surface area contributed by atoms with Crippen molar-refractivity contribution in [3.8, 4) is 17.4 Å². The van der Waals surface area contributed by atoms with Crippen LogP contribution in [0.5, 0.6) is 17.4 Å². The summed E-state index contributed by atoms with van der Waals surface area (Å²) in [7, 11) is -2.46. The van der Waals surface area contributed by atoms with Gasteiger partial charge in [-0.05, 0) is 63.2 Å². The molecule has 0 aliphatic carbocycles. The van der Waals surface area contributed by atoms with E-state index in [2.05, 4.69) is 5.10 Å². The third-order valence-electron chi connectivity index (χ3n) is 5.99. The zero-order valence-corrected chi connectivity index (χ0v) is 19.3. The molecule has 0 amide bonds. The first-order valence-corrected chi connectivity index (χ1v) is 11.6. The highest BCUT2D eigenvalue weighted by Gasteiger charge is 2.54. The summed E-state index contributed by atoms with van der Waals surface area (Å²) in [6.45, 7) is 4.92. The molecule has 1 aromatic heterocycles. The fourth-order valence-electron chi connectivity index (χ4n) is 3.59. The average Bonchev–Trinajstić information content (AvgIpc) is 2.74. The topological polar surface area (TPSA) is 128 Å². The number of ether oxygens (including phenoxy) is 2. The monoisotopic (exact) mass is 472 g/mol. The number of aryl methyl sites for hydroxylation is 1. The maximum Gasteiger partial charge on any atom is 0.266 e. The maximum atomic E-state index is 13.2. The Kier molecular flexibility index (Phi) is 5.25. The predicted octanol–water partition coefficient (Wildman–Crippen LogP) is 2.36. The van der Waals surface area contributed by atoms with Crippen LogP contribution in [-0.4, -0.2) is 39.6 Å². The second kappa shape index (κ2) is 7.60. The first-order valence-electron chi connectivity index (χ1n) is 10.1. The van der Waals surface area contributed by atoms with Gasteiger partial charge in [-0.1, -0.05) is 0 Å². The van der Waals surface area contributed by atoms with Gasteiger partial charge in [0.05, 0.1) is 9.79 Å². The minimum Gasteiger partial charge on any atom is -0.508 e. The molecule has 0 bridgehead atoms. The second-order valence-electron chi connectivity index (χ2n) is 8.59. The second-order valence-corrected chi connectivity index (χ2v) is 10.5. The van der Waals surface area contributed by atoms with Crippen molar-refractivity contribution in [2.45, 2.75) is 47.9 Å². The molecular formula is C23H24N2O7S. The lowest BCUT2D eigenvalue weighted by Crippen LogP contribution is -2.59. The SMILES string of the molecule is Cn1nc(O[C@@H]2c3cc(S(=O)(=O)c4ccc(O)cc4)ccc3OC(C)(C)[C@@]2(C)O)ccc1=O. The van der Waals surface area contributed by atoms with E-state index < -0.39 is 27.1 Å². The highest BCUT2D eigenvalue weighted by molar-refractivity contribution is 7.91. The molecule has 0 spiro atoms. The Balaban J connectivity index is 1.84. The lowest BCUT2D eigenvalue weighted by Gasteiger charge is -2.48. The van der Waals surface area contributed by atoms with Crippen molar-refractivity contribution in [2.75, 3.05) is 0 Å². The summed E-state index contributed by atoms with van der Waals surface area (Å²) in [5.41, 5.74) is -2.71. The molecule has 2 atom stereocenters. The van der Waals surface area contributed by atoms with Crippen molar-refractivity contribution in [1.29, 1.82) is 0 Å². The van der Waals surface area contributed by atoms with Crippen molar-refractivity contribution in [2.24, 2.45) is 7.05 Å². The molecule has 2 N–H and O–H groups in total. The number of phenols is 1. The molecule has 0 unspecified atom stereocenters. The number of phenolic OH excluding ortho intramolecular Hbond substituents is 1. The normalized spacial score (nSPS) is 21.7. The molecule has 1 aliphatic rings. The largest absolute Gasteiger partial charge is 0.508 e. The van der Waals surface area contributed by atoms with E-state index in [1.165, 1.54) is 68.6 Å². The van der Waals surface area contributed by atoms with Gasteiger partial charge in [0.15, 0.2) is 6.10 Å². The van der Waals surface area contributed by atoms with Gasteiger partial charge in [-0.25, -0.2) is 13.1 Å². The number of aromatic hydroxyl groups is 1. The van der Waals surface area contributed by atoms with E-state index in [1.54, 1.807) is 13.8 Å². The standard InChI is InChI=1S/C23H24N2O7S/c1-22(2)23(3,28)21(31-19-11-12-20(27)25(4)24-19)17-13-16(9-10-18(17)32-22)33(29,30)15-7-5-14(26)6-8-15/h5-13,21,26,28H,1-4H3/t21-,23+/m1/s1. The number of aliphatic hydroxyl groups is 1. The Hall–Kier alpha value is -3.37. The minimum absolute atomic E-state index is 0.00117. The summed E-state index contributed by atoms with van der Waals surface area (Å²) in [4.78, 5) is 11.7. The van der Waals surface area contributed by atoms with E-state index in [9.17, 15) is 23.4 Å². The third-order valence-corrected chi connectivity index (χ3v) is 7.76. The van der Waals surface area contributed by atoms with Crippen molar-refractivity contribution in [3.63, 3.8) is 0 Å². The van der Waals surface area contributed by atoms with Crippen LogP contribution in [0, 0.1) is 0 Å². The van der Waals surface area contributed by atoms with Crippen LogP contribution in [0.2, 0.25) is 0 Å². The van der Waals surface area contributed by atoms with Crippen LogP contribution in [0.15, 0.2) is 69.2 Å². The zero-order valence-electron chi connectivity index (χ0n) is 18.5. The number of aromatic nitrogens is 2. The van der Waals surface area contributed by atoms with Crippen LogP contribution in [0.1, 0.15) is 32.4 Å². The summed E-state index contributed by atoms with van der Waals surface area (Å²) < 4.78 is 39.5. The van der Waals surface area contributed by atoms with Crippen LogP contribution in [-0.2, 0) is 16.9 Å². The summed E-state index contributed by atoms with van der Waals surface area (Å²) in [6.07, 6.45) is -1.06. The number of nitrogens with zero attached hydrogens (tertiary/aromatic N) is 2. The molecule has 0 radical (unpaired) electrons. The number of benzene rings is 2. The van der Waals surface area contributed by atoms with Gasteiger partial charge < -0.3 is 19.7 Å². The van der Waals surface area contributed by atoms with Gasteiger partial charge in [0.25, 0.3) is 5.56 Å².